The Morgan fingerprint density at radius 1 is 1.17 bits per heavy atom. The number of ether oxygens (including phenoxy) is 2. The average Bonchev–Trinajstić information content (AvgIpc) is 3.48. The van der Waals surface area contributed by atoms with E-state index in [1.807, 2.05) is 0 Å². The molecular weight excluding hydrogens is 459 g/mol. The molecule has 1 atom stereocenters. The summed E-state index contributed by atoms with van der Waals surface area (Å²) in [5.41, 5.74) is -0.457. The lowest BCUT2D eigenvalue weighted by Gasteiger charge is -2.48. The first kappa shape index (κ1) is 22.7. The molecule has 3 heterocycles. The van der Waals surface area contributed by atoms with E-state index in [2.05, 4.69) is 10.1 Å². The van der Waals surface area contributed by atoms with E-state index in [1.54, 1.807) is 24.3 Å². The Morgan fingerprint density at radius 3 is 2.71 bits per heavy atom. The minimum atomic E-state index is -1.65. The second-order valence-electron chi connectivity index (χ2n) is 8.11. The molecule has 0 aliphatic carbocycles. The third-order valence-corrected chi connectivity index (χ3v) is 6.11. The summed E-state index contributed by atoms with van der Waals surface area (Å²) in [6.07, 6.45) is 0.138. The fourth-order valence-corrected chi connectivity index (χ4v) is 4.50. The number of nitrogens with zero attached hydrogens (tertiary/aromatic N) is 4. The zero-order chi connectivity index (χ0) is 24.6. The van der Waals surface area contributed by atoms with Crippen LogP contribution in [0.25, 0.3) is 11.5 Å². The van der Waals surface area contributed by atoms with Gasteiger partial charge in [-0.1, -0.05) is 17.3 Å². The third-order valence-electron chi connectivity index (χ3n) is 6.11. The van der Waals surface area contributed by atoms with E-state index in [9.17, 15) is 18.8 Å². The van der Waals surface area contributed by atoms with Crippen LogP contribution in [0.3, 0.4) is 0 Å². The monoisotopic (exact) mass is 480 g/mol. The van der Waals surface area contributed by atoms with Gasteiger partial charge in [-0.25, -0.2) is 9.18 Å². The molecule has 0 spiro atoms. The zero-order valence-corrected chi connectivity index (χ0v) is 18.8. The zero-order valence-electron chi connectivity index (χ0n) is 18.8. The SMILES string of the molecule is COCCN1C(=O)c2ccccc2N2C(=O)CCC12C(=O)OCc1noc(-c2ccc(F)cc2)n1. The van der Waals surface area contributed by atoms with Gasteiger partial charge < -0.3 is 18.9 Å². The number of aromatic nitrogens is 2. The highest BCUT2D eigenvalue weighted by Crippen LogP contribution is 2.45. The number of rotatable bonds is 7. The van der Waals surface area contributed by atoms with Gasteiger partial charge in [-0.2, -0.15) is 4.98 Å². The number of benzene rings is 2. The molecule has 3 aromatic rings. The molecule has 10 nitrogen and oxygen atoms in total. The predicted molar refractivity (Wildman–Crippen MR) is 118 cm³/mol. The Labute approximate surface area is 199 Å². The molecule has 5 rings (SSSR count). The lowest BCUT2D eigenvalue weighted by molar-refractivity contribution is -0.159. The number of esters is 1. The minimum Gasteiger partial charge on any atom is -0.454 e. The van der Waals surface area contributed by atoms with Crippen LogP contribution in [0.1, 0.15) is 29.0 Å². The van der Waals surface area contributed by atoms with Crippen molar-refractivity contribution in [3.63, 3.8) is 0 Å². The largest absolute Gasteiger partial charge is 0.454 e. The molecule has 1 unspecified atom stereocenters. The van der Waals surface area contributed by atoms with E-state index in [0.29, 0.717) is 16.8 Å². The smallest absolute Gasteiger partial charge is 0.354 e. The number of para-hydroxylation sites is 1. The number of methoxy groups -OCH3 is 1. The van der Waals surface area contributed by atoms with Gasteiger partial charge in [0.2, 0.25) is 17.4 Å². The maximum absolute atomic E-state index is 13.6. The molecule has 1 aromatic heterocycles. The maximum atomic E-state index is 13.6. The molecule has 11 heteroatoms. The predicted octanol–water partition coefficient (Wildman–Crippen LogP) is 2.54. The summed E-state index contributed by atoms with van der Waals surface area (Å²) < 4.78 is 29.1. The summed E-state index contributed by atoms with van der Waals surface area (Å²) in [4.78, 5) is 46.8. The maximum Gasteiger partial charge on any atom is 0.354 e. The Morgan fingerprint density at radius 2 is 1.94 bits per heavy atom. The van der Waals surface area contributed by atoms with E-state index in [1.165, 1.54) is 41.2 Å². The Balaban J connectivity index is 1.43. The second kappa shape index (κ2) is 8.91. The highest BCUT2D eigenvalue weighted by atomic mass is 19.1. The number of halogens is 1. The van der Waals surface area contributed by atoms with Crippen molar-refractivity contribution in [2.75, 3.05) is 25.2 Å². The molecule has 1 fully saturated rings. The number of carbonyl (C=O) groups excluding carboxylic acids is 3. The van der Waals surface area contributed by atoms with E-state index in [4.69, 9.17) is 14.0 Å². The number of carbonyl (C=O) groups is 3. The Kier molecular flexibility index (Phi) is 5.77. The van der Waals surface area contributed by atoms with Crippen LogP contribution in [0, 0.1) is 5.82 Å². The van der Waals surface area contributed by atoms with Crippen LogP contribution >= 0.6 is 0 Å². The molecule has 2 aliphatic heterocycles. The number of hydrogen-bond donors (Lipinski definition) is 0. The van der Waals surface area contributed by atoms with Crippen LogP contribution < -0.4 is 4.90 Å². The summed E-state index contributed by atoms with van der Waals surface area (Å²) in [6.45, 7) is -0.0996. The first-order chi connectivity index (χ1) is 17.0. The molecule has 0 saturated carbocycles. The van der Waals surface area contributed by atoms with Gasteiger partial charge in [0.15, 0.2) is 6.61 Å². The molecule has 2 amide bonds. The first-order valence-corrected chi connectivity index (χ1v) is 10.9. The van der Waals surface area contributed by atoms with E-state index >= 15 is 0 Å². The highest BCUT2D eigenvalue weighted by Gasteiger charge is 2.61. The fourth-order valence-electron chi connectivity index (χ4n) is 4.50. The normalized spacial score (nSPS) is 19.0. The van der Waals surface area contributed by atoms with Gasteiger partial charge >= 0.3 is 5.97 Å². The Hall–Kier alpha value is -4.12. The number of fused-ring (bicyclic) bond motifs is 3. The summed E-state index contributed by atoms with van der Waals surface area (Å²) in [6, 6.07) is 12.2. The van der Waals surface area contributed by atoms with Crippen molar-refractivity contribution in [2.45, 2.75) is 25.1 Å². The van der Waals surface area contributed by atoms with Crippen molar-refractivity contribution in [3.05, 3.63) is 65.7 Å². The van der Waals surface area contributed by atoms with Crippen LogP contribution in [-0.4, -0.2) is 58.7 Å². The van der Waals surface area contributed by atoms with Gasteiger partial charge in [-0.05, 0) is 36.4 Å². The summed E-state index contributed by atoms with van der Waals surface area (Å²) in [5.74, 6) is -1.65. The molecule has 0 bridgehead atoms. The molecular formula is C24H21FN4O6. The lowest BCUT2D eigenvalue weighted by atomic mass is 9.96. The quantitative estimate of drug-likeness (QED) is 0.474. The van der Waals surface area contributed by atoms with Crippen molar-refractivity contribution >= 4 is 23.5 Å². The van der Waals surface area contributed by atoms with Gasteiger partial charge in [0.05, 0.1) is 17.9 Å². The second-order valence-corrected chi connectivity index (χ2v) is 8.11. The van der Waals surface area contributed by atoms with Crippen LogP contribution in [0.2, 0.25) is 0 Å². The summed E-state index contributed by atoms with van der Waals surface area (Å²) >= 11 is 0. The van der Waals surface area contributed by atoms with E-state index in [0.717, 1.165) is 0 Å². The number of hydrogen-bond acceptors (Lipinski definition) is 8. The van der Waals surface area contributed by atoms with E-state index in [-0.39, 0.29) is 50.2 Å². The van der Waals surface area contributed by atoms with Gasteiger partial charge in [0.25, 0.3) is 11.8 Å². The highest BCUT2D eigenvalue weighted by molar-refractivity contribution is 6.15. The Bertz CT molecular complexity index is 1290. The molecule has 1 saturated heterocycles. The molecule has 2 aromatic carbocycles. The van der Waals surface area contributed by atoms with Crippen molar-refractivity contribution in [3.8, 4) is 11.5 Å². The average molecular weight is 480 g/mol. The summed E-state index contributed by atoms with van der Waals surface area (Å²) in [5, 5.41) is 3.81. The van der Waals surface area contributed by atoms with Gasteiger partial charge in [-0.3, -0.25) is 14.5 Å². The van der Waals surface area contributed by atoms with Crippen LogP contribution in [-0.2, 0) is 25.7 Å². The van der Waals surface area contributed by atoms with Crippen molar-refractivity contribution in [2.24, 2.45) is 0 Å². The van der Waals surface area contributed by atoms with Crippen LogP contribution in [0.15, 0.2) is 53.1 Å². The molecule has 2 aliphatic rings. The first-order valence-electron chi connectivity index (χ1n) is 10.9. The van der Waals surface area contributed by atoms with Gasteiger partial charge in [-0.15, -0.1) is 0 Å². The third kappa shape index (κ3) is 3.73. The molecule has 0 N–H and O–H groups in total. The summed E-state index contributed by atoms with van der Waals surface area (Å²) in [7, 11) is 1.49. The fraction of sp³-hybridized carbons (Fsp3) is 0.292. The van der Waals surface area contributed by atoms with Crippen molar-refractivity contribution < 1.29 is 32.8 Å². The van der Waals surface area contributed by atoms with Gasteiger partial charge in [0, 0.05) is 32.1 Å². The minimum absolute atomic E-state index is 0.0666. The van der Waals surface area contributed by atoms with Gasteiger partial charge in [0.1, 0.15) is 5.82 Å². The van der Waals surface area contributed by atoms with Crippen molar-refractivity contribution in [1.82, 2.24) is 15.0 Å². The molecule has 0 radical (unpaired) electrons. The standard InChI is InChI=1S/C24H21FN4O6/c1-33-13-12-28-22(31)17-4-2-3-5-18(17)29-20(30)10-11-24(28,29)23(32)34-14-19-26-21(35-27-19)15-6-8-16(25)9-7-15/h2-9H,10-14H2,1H3. The van der Waals surface area contributed by atoms with E-state index < -0.39 is 23.4 Å². The lowest BCUT2D eigenvalue weighted by Crippen LogP contribution is -2.68. The number of anilines is 1. The number of amides is 2. The van der Waals surface area contributed by atoms with Crippen molar-refractivity contribution in [1.29, 1.82) is 0 Å². The molecule has 180 valence electrons. The van der Waals surface area contributed by atoms with Crippen LogP contribution in [0.5, 0.6) is 0 Å². The van der Waals surface area contributed by atoms with Crippen LogP contribution in [0.4, 0.5) is 10.1 Å². The molecule has 35 heavy (non-hydrogen) atoms. The topological polar surface area (TPSA) is 115 Å².